The number of nitro benzene ring substituents is 1. The Bertz CT molecular complexity index is 538. The van der Waals surface area contributed by atoms with Crippen molar-refractivity contribution in [3.8, 4) is 11.5 Å². The second-order valence-corrected chi connectivity index (χ2v) is 3.49. The second kappa shape index (κ2) is 4.61. The van der Waals surface area contributed by atoms with Crippen LogP contribution >= 0.6 is 0 Å². The van der Waals surface area contributed by atoms with E-state index in [1.54, 1.807) is 24.4 Å². The lowest BCUT2D eigenvalue weighted by atomic mass is 10.3. The molecule has 17 heavy (non-hydrogen) atoms. The van der Waals surface area contributed by atoms with Gasteiger partial charge in [-0.3, -0.25) is 15.1 Å². The van der Waals surface area contributed by atoms with E-state index in [1.165, 1.54) is 12.1 Å². The molecule has 0 aliphatic carbocycles. The summed E-state index contributed by atoms with van der Waals surface area (Å²) in [6.07, 6.45) is 1.58. The lowest BCUT2D eigenvalue weighted by molar-refractivity contribution is -0.384. The zero-order chi connectivity index (χ0) is 12.3. The van der Waals surface area contributed by atoms with Crippen molar-refractivity contribution in [1.82, 2.24) is 4.98 Å². The number of hydrogen-bond donors (Lipinski definition) is 0. The zero-order valence-electron chi connectivity index (χ0n) is 9.16. The Labute approximate surface area is 97.8 Å². The van der Waals surface area contributed by atoms with E-state index in [-0.39, 0.29) is 5.69 Å². The largest absolute Gasteiger partial charge is 0.455 e. The third kappa shape index (κ3) is 2.78. The van der Waals surface area contributed by atoms with Crippen molar-refractivity contribution in [1.29, 1.82) is 0 Å². The minimum absolute atomic E-state index is 0.00238. The number of rotatable bonds is 3. The average Bonchev–Trinajstić information content (AvgIpc) is 2.32. The number of aromatic nitrogens is 1. The summed E-state index contributed by atoms with van der Waals surface area (Å²) in [6.45, 7) is 1.87. The number of nitrogens with zero attached hydrogens (tertiary/aromatic N) is 2. The van der Waals surface area contributed by atoms with Gasteiger partial charge in [0.25, 0.3) is 5.69 Å². The SMILES string of the molecule is Cc1ccc(Oc2cccc([N+](=O)[O-])c2)cn1. The standard InChI is InChI=1S/C12H10N2O3/c1-9-5-6-12(8-13-9)17-11-4-2-3-10(7-11)14(15)16/h2-8H,1H3. The van der Waals surface area contributed by atoms with E-state index >= 15 is 0 Å². The first-order valence-electron chi connectivity index (χ1n) is 5.00. The highest BCUT2D eigenvalue weighted by molar-refractivity contribution is 5.40. The van der Waals surface area contributed by atoms with Gasteiger partial charge in [0.15, 0.2) is 0 Å². The number of ether oxygens (including phenoxy) is 1. The van der Waals surface area contributed by atoms with Crippen LogP contribution in [0.1, 0.15) is 5.69 Å². The molecule has 0 saturated heterocycles. The molecule has 1 heterocycles. The van der Waals surface area contributed by atoms with Gasteiger partial charge in [0.05, 0.1) is 17.2 Å². The van der Waals surface area contributed by atoms with Gasteiger partial charge in [-0.15, -0.1) is 0 Å². The summed E-state index contributed by atoms with van der Waals surface area (Å²) in [5.74, 6) is 0.973. The number of hydrogen-bond acceptors (Lipinski definition) is 4. The Morgan fingerprint density at radius 3 is 2.71 bits per heavy atom. The Balaban J connectivity index is 2.21. The van der Waals surface area contributed by atoms with Gasteiger partial charge >= 0.3 is 0 Å². The zero-order valence-corrected chi connectivity index (χ0v) is 9.16. The molecule has 0 bridgehead atoms. The maximum absolute atomic E-state index is 10.6. The number of aryl methyl sites for hydroxylation is 1. The highest BCUT2D eigenvalue weighted by Crippen LogP contribution is 2.24. The molecule has 0 amide bonds. The van der Waals surface area contributed by atoms with Crippen LogP contribution in [0.5, 0.6) is 11.5 Å². The maximum Gasteiger partial charge on any atom is 0.273 e. The van der Waals surface area contributed by atoms with Crippen LogP contribution in [-0.4, -0.2) is 9.91 Å². The van der Waals surface area contributed by atoms with Gasteiger partial charge in [-0.1, -0.05) is 6.07 Å². The van der Waals surface area contributed by atoms with E-state index < -0.39 is 4.92 Å². The van der Waals surface area contributed by atoms with E-state index in [2.05, 4.69) is 4.98 Å². The monoisotopic (exact) mass is 230 g/mol. The smallest absolute Gasteiger partial charge is 0.273 e. The molecule has 86 valence electrons. The van der Waals surface area contributed by atoms with Crippen molar-refractivity contribution in [3.63, 3.8) is 0 Å². The Hall–Kier alpha value is -2.43. The van der Waals surface area contributed by atoms with Crippen molar-refractivity contribution < 1.29 is 9.66 Å². The fourth-order valence-corrected chi connectivity index (χ4v) is 1.31. The third-order valence-corrected chi connectivity index (χ3v) is 2.15. The first-order valence-corrected chi connectivity index (χ1v) is 5.00. The molecule has 1 aromatic carbocycles. The van der Waals surface area contributed by atoms with Crippen LogP contribution < -0.4 is 4.74 Å². The van der Waals surface area contributed by atoms with Crippen molar-refractivity contribution >= 4 is 5.69 Å². The van der Waals surface area contributed by atoms with Gasteiger partial charge in [-0.2, -0.15) is 0 Å². The fourth-order valence-electron chi connectivity index (χ4n) is 1.31. The lowest BCUT2D eigenvalue weighted by Gasteiger charge is -2.04. The molecule has 2 aromatic rings. The molecule has 0 fully saturated rings. The summed E-state index contributed by atoms with van der Waals surface area (Å²) in [4.78, 5) is 14.2. The predicted molar refractivity (Wildman–Crippen MR) is 62.1 cm³/mol. The molecule has 1 aromatic heterocycles. The normalized spacial score (nSPS) is 9.94. The molecule has 2 rings (SSSR count). The predicted octanol–water partition coefficient (Wildman–Crippen LogP) is 3.09. The molecule has 0 saturated carbocycles. The van der Waals surface area contributed by atoms with Gasteiger partial charge < -0.3 is 4.74 Å². The lowest BCUT2D eigenvalue weighted by Crippen LogP contribution is -1.90. The van der Waals surface area contributed by atoms with Gasteiger partial charge in [0, 0.05) is 11.8 Å². The summed E-state index contributed by atoms with van der Waals surface area (Å²) >= 11 is 0. The quantitative estimate of drug-likeness (QED) is 0.600. The van der Waals surface area contributed by atoms with E-state index in [0.717, 1.165) is 5.69 Å². The third-order valence-electron chi connectivity index (χ3n) is 2.15. The fraction of sp³-hybridized carbons (Fsp3) is 0.0833. The summed E-state index contributed by atoms with van der Waals surface area (Å²) in [5, 5.41) is 10.6. The van der Waals surface area contributed by atoms with Crippen LogP contribution in [0.15, 0.2) is 42.6 Å². The maximum atomic E-state index is 10.6. The topological polar surface area (TPSA) is 65.3 Å². The summed E-state index contributed by atoms with van der Waals surface area (Å²) in [5.41, 5.74) is 0.888. The minimum Gasteiger partial charge on any atom is -0.455 e. The van der Waals surface area contributed by atoms with Gasteiger partial charge in [-0.05, 0) is 25.1 Å². The Kier molecular flexibility index (Phi) is 3.00. The summed E-state index contributed by atoms with van der Waals surface area (Å²) in [6, 6.07) is 9.61. The molecule has 0 atom stereocenters. The first-order chi connectivity index (χ1) is 8.15. The van der Waals surface area contributed by atoms with Crippen molar-refractivity contribution in [3.05, 3.63) is 58.4 Å². The van der Waals surface area contributed by atoms with Crippen LogP contribution in [-0.2, 0) is 0 Å². The van der Waals surface area contributed by atoms with Crippen LogP contribution in [0.4, 0.5) is 5.69 Å². The minimum atomic E-state index is -0.458. The molecular weight excluding hydrogens is 220 g/mol. The first kappa shape index (κ1) is 11.1. The average molecular weight is 230 g/mol. The van der Waals surface area contributed by atoms with Crippen LogP contribution in [0.2, 0.25) is 0 Å². The van der Waals surface area contributed by atoms with Crippen LogP contribution in [0.3, 0.4) is 0 Å². The number of benzene rings is 1. The van der Waals surface area contributed by atoms with E-state index in [4.69, 9.17) is 4.74 Å². The molecule has 0 aliphatic heterocycles. The van der Waals surface area contributed by atoms with Crippen LogP contribution in [0, 0.1) is 17.0 Å². The highest BCUT2D eigenvalue weighted by Gasteiger charge is 2.06. The number of pyridine rings is 1. The summed E-state index contributed by atoms with van der Waals surface area (Å²) in [7, 11) is 0. The molecule has 0 aliphatic rings. The van der Waals surface area contributed by atoms with E-state index in [9.17, 15) is 10.1 Å². The molecule has 5 heteroatoms. The Morgan fingerprint density at radius 1 is 1.24 bits per heavy atom. The number of nitro groups is 1. The summed E-state index contributed by atoms with van der Waals surface area (Å²) < 4.78 is 5.46. The molecule has 0 spiro atoms. The molecule has 0 N–H and O–H groups in total. The van der Waals surface area contributed by atoms with Gasteiger partial charge in [0.2, 0.25) is 0 Å². The van der Waals surface area contributed by atoms with E-state index in [1.807, 2.05) is 13.0 Å². The number of non-ortho nitro benzene ring substituents is 1. The molecule has 0 unspecified atom stereocenters. The molecule has 5 nitrogen and oxygen atoms in total. The van der Waals surface area contributed by atoms with Crippen molar-refractivity contribution in [2.75, 3.05) is 0 Å². The Morgan fingerprint density at radius 2 is 2.06 bits per heavy atom. The highest BCUT2D eigenvalue weighted by atomic mass is 16.6. The van der Waals surface area contributed by atoms with Crippen molar-refractivity contribution in [2.24, 2.45) is 0 Å². The molecule has 0 radical (unpaired) electrons. The molecular formula is C12H10N2O3. The van der Waals surface area contributed by atoms with Gasteiger partial charge in [-0.25, -0.2) is 0 Å². The van der Waals surface area contributed by atoms with Crippen LogP contribution in [0.25, 0.3) is 0 Å². The van der Waals surface area contributed by atoms with Gasteiger partial charge in [0.1, 0.15) is 11.5 Å². The van der Waals surface area contributed by atoms with Crippen molar-refractivity contribution in [2.45, 2.75) is 6.92 Å². The van der Waals surface area contributed by atoms with E-state index in [0.29, 0.717) is 11.5 Å². The second-order valence-electron chi connectivity index (χ2n) is 3.49.